The van der Waals surface area contributed by atoms with Gasteiger partial charge in [0, 0.05) is 6.04 Å². The van der Waals surface area contributed by atoms with Crippen LogP contribution in [0.3, 0.4) is 0 Å². The van der Waals surface area contributed by atoms with Gasteiger partial charge in [0.2, 0.25) is 5.82 Å². The van der Waals surface area contributed by atoms with Gasteiger partial charge in [-0.15, -0.1) is 5.10 Å². The van der Waals surface area contributed by atoms with Crippen LogP contribution in [0, 0.1) is 6.92 Å². The zero-order valence-electron chi connectivity index (χ0n) is 10.7. The number of hydrogen-bond acceptors (Lipinski definition) is 6. The first-order valence-corrected chi connectivity index (χ1v) is 7.73. The highest BCUT2D eigenvalue weighted by molar-refractivity contribution is 7.91. The van der Waals surface area contributed by atoms with Crippen LogP contribution in [0.2, 0.25) is 0 Å². The van der Waals surface area contributed by atoms with E-state index in [4.69, 9.17) is 5.11 Å². The Bertz CT molecular complexity index is 638. The van der Waals surface area contributed by atoms with E-state index in [1.807, 2.05) is 0 Å². The smallest absolute Gasteiger partial charge is 0.323 e. The summed E-state index contributed by atoms with van der Waals surface area (Å²) in [6, 6.07) is -0.651. The third kappa shape index (κ3) is 3.13. The quantitative estimate of drug-likeness (QED) is 0.715. The molecule has 1 aliphatic rings. The monoisotopic (exact) mass is 302 g/mol. The predicted molar refractivity (Wildman–Crippen MR) is 66.9 cm³/mol. The SMILES string of the molecule is Cc1nc(C(=O)N(CC(=O)O)C2CCS(=O)(=O)C2)n[nH]1. The van der Waals surface area contributed by atoms with Crippen molar-refractivity contribution < 1.29 is 23.1 Å². The average Bonchev–Trinajstić information content (AvgIpc) is 2.91. The Hall–Kier alpha value is -1.97. The van der Waals surface area contributed by atoms with E-state index in [0.29, 0.717) is 5.82 Å². The summed E-state index contributed by atoms with van der Waals surface area (Å²) < 4.78 is 22.9. The topological polar surface area (TPSA) is 133 Å². The average molecular weight is 302 g/mol. The highest BCUT2D eigenvalue weighted by Gasteiger charge is 2.37. The zero-order chi connectivity index (χ0) is 14.9. The minimum atomic E-state index is -3.22. The Balaban J connectivity index is 2.24. The zero-order valence-corrected chi connectivity index (χ0v) is 11.6. The summed E-state index contributed by atoms with van der Waals surface area (Å²) in [4.78, 5) is 27.9. The second-order valence-corrected chi connectivity index (χ2v) is 6.86. The number of aromatic amines is 1. The summed E-state index contributed by atoms with van der Waals surface area (Å²) in [6.07, 6.45) is 0.227. The highest BCUT2D eigenvalue weighted by Crippen LogP contribution is 2.19. The van der Waals surface area contributed by atoms with Crippen LogP contribution in [0.4, 0.5) is 0 Å². The number of carboxylic acid groups (broad SMARTS) is 1. The number of amides is 1. The third-order valence-electron chi connectivity index (χ3n) is 3.00. The van der Waals surface area contributed by atoms with Crippen molar-refractivity contribution in [3.05, 3.63) is 11.6 Å². The highest BCUT2D eigenvalue weighted by atomic mass is 32.2. The molecule has 9 nitrogen and oxygen atoms in total. The van der Waals surface area contributed by atoms with Gasteiger partial charge in [0.1, 0.15) is 12.4 Å². The normalized spacial score (nSPS) is 20.8. The fourth-order valence-corrected chi connectivity index (χ4v) is 3.83. The number of rotatable bonds is 4. The Kier molecular flexibility index (Phi) is 3.75. The van der Waals surface area contributed by atoms with E-state index in [9.17, 15) is 18.0 Å². The number of aliphatic carboxylic acids is 1. The van der Waals surface area contributed by atoms with Crippen molar-refractivity contribution in [2.24, 2.45) is 0 Å². The number of carboxylic acids is 1. The molecule has 0 saturated carbocycles. The number of aromatic nitrogens is 3. The first-order valence-electron chi connectivity index (χ1n) is 5.91. The lowest BCUT2D eigenvalue weighted by atomic mass is 10.2. The number of nitrogens with zero attached hydrogens (tertiary/aromatic N) is 3. The van der Waals surface area contributed by atoms with Crippen LogP contribution >= 0.6 is 0 Å². The summed E-state index contributed by atoms with van der Waals surface area (Å²) in [6.45, 7) is 1.03. The molecule has 2 heterocycles. The minimum Gasteiger partial charge on any atom is -0.480 e. The largest absolute Gasteiger partial charge is 0.480 e. The molecule has 110 valence electrons. The molecular weight excluding hydrogens is 288 g/mol. The van der Waals surface area contributed by atoms with Gasteiger partial charge in [0.25, 0.3) is 5.91 Å². The van der Waals surface area contributed by atoms with Crippen molar-refractivity contribution in [3.63, 3.8) is 0 Å². The van der Waals surface area contributed by atoms with Gasteiger partial charge in [-0.3, -0.25) is 14.7 Å². The molecule has 1 aromatic rings. The van der Waals surface area contributed by atoms with Crippen molar-refractivity contribution >= 4 is 21.7 Å². The van der Waals surface area contributed by atoms with E-state index in [0.717, 1.165) is 4.90 Å². The van der Waals surface area contributed by atoms with Crippen LogP contribution in [0.1, 0.15) is 22.9 Å². The number of nitrogens with one attached hydrogen (secondary N) is 1. The van der Waals surface area contributed by atoms with Gasteiger partial charge in [-0.1, -0.05) is 0 Å². The van der Waals surface area contributed by atoms with E-state index < -0.39 is 34.3 Å². The van der Waals surface area contributed by atoms with Gasteiger partial charge in [0.05, 0.1) is 11.5 Å². The molecule has 1 aromatic heterocycles. The van der Waals surface area contributed by atoms with Crippen molar-refractivity contribution in [2.45, 2.75) is 19.4 Å². The van der Waals surface area contributed by atoms with Crippen LogP contribution in [-0.2, 0) is 14.6 Å². The van der Waals surface area contributed by atoms with Crippen molar-refractivity contribution in [1.29, 1.82) is 0 Å². The van der Waals surface area contributed by atoms with Crippen LogP contribution in [0.5, 0.6) is 0 Å². The van der Waals surface area contributed by atoms with Crippen LogP contribution in [0.25, 0.3) is 0 Å². The molecule has 1 fully saturated rings. The van der Waals surface area contributed by atoms with Crippen molar-refractivity contribution in [3.8, 4) is 0 Å². The van der Waals surface area contributed by atoms with Gasteiger partial charge < -0.3 is 10.0 Å². The second kappa shape index (κ2) is 5.19. The van der Waals surface area contributed by atoms with E-state index >= 15 is 0 Å². The fourth-order valence-electron chi connectivity index (χ4n) is 2.10. The number of sulfone groups is 1. The molecular formula is C10H14N4O5S. The summed E-state index contributed by atoms with van der Waals surface area (Å²) in [5.41, 5.74) is 0. The molecule has 0 bridgehead atoms. The molecule has 20 heavy (non-hydrogen) atoms. The number of carbonyl (C=O) groups is 2. The molecule has 1 aliphatic heterocycles. The second-order valence-electron chi connectivity index (χ2n) is 4.63. The lowest BCUT2D eigenvalue weighted by molar-refractivity contribution is -0.138. The molecule has 1 unspecified atom stereocenters. The van der Waals surface area contributed by atoms with Gasteiger partial charge >= 0.3 is 5.97 Å². The van der Waals surface area contributed by atoms with Gasteiger partial charge in [-0.05, 0) is 13.3 Å². The van der Waals surface area contributed by atoms with Gasteiger partial charge in [-0.25, -0.2) is 13.4 Å². The third-order valence-corrected chi connectivity index (χ3v) is 4.75. The molecule has 0 aliphatic carbocycles. The van der Waals surface area contributed by atoms with Crippen LogP contribution in [0.15, 0.2) is 0 Å². The number of hydrogen-bond donors (Lipinski definition) is 2. The van der Waals surface area contributed by atoms with Crippen molar-refractivity contribution in [1.82, 2.24) is 20.1 Å². The lowest BCUT2D eigenvalue weighted by Crippen LogP contribution is -2.44. The fraction of sp³-hybridized carbons (Fsp3) is 0.600. The molecule has 1 atom stereocenters. The minimum absolute atomic E-state index is 0.0475. The molecule has 2 N–H and O–H groups in total. The maximum Gasteiger partial charge on any atom is 0.323 e. The molecule has 0 radical (unpaired) electrons. The standard InChI is InChI=1S/C10H14N4O5S/c1-6-11-9(13-12-6)10(17)14(4-8(15)16)7-2-3-20(18,19)5-7/h7H,2-5H2,1H3,(H,15,16)(H,11,12,13). The predicted octanol–water partition coefficient (Wildman–Crippen LogP) is -1.17. The van der Waals surface area contributed by atoms with Crippen molar-refractivity contribution in [2.75, 3.05) is 18.1 Å². The Morgan fingerprint density at radius 1 is 1.50 bits per heavy atom. The van der Waals surface area contributed by atoms with E-state index in [1.54, 1.807) is 6.92 Å². The molecule has 1 amide bonds. The number of H-pyrrole nitrogens is 1. The summed E-state index contributed by atoms with van der Waals surface area (Å²) in [5, 5.41) is 15.1. The van der Waals surface area contributed by atoms with Gasteiger partial charge in [0.15, 0.2) is 9.84 Å². The first-order chi connectivity index (χ1) is 9.28. The molecule has 0 aromatic carbocycles. The summed E-state index contributed by atoms with van der Waals surface area (Å²) in [7, 11) is -3.22. The summed E-state index contributed by atoms with van der Waals surface area (Å²) >= 11 is 0. The summed E-state index contributed by atoms with van der Waals surface area (Å²) in [5.74, 6) is -1.91. The van der Waals surface area contributed by atoms with Crippen LogP contribution < -0.4 is 0 Å². The maximum atomic E-state index is 12.2. The first kappa shape index (κ1) is 14.4. The van der Waals surface area contributed by atoms with Crippen LogP contribution in [-0.4, -0.2) is 69.6 Å². The molecule has 2 rings (SSSR count). The Morgan fingerprint density at radius 3 is 2.65 bits per heavy atom. The molecule has 10 heteroatoms. The van der Waals surface area contributed by atoms with E-state index in [2.05, 4.69) is 15.2 Å². The Labute approximate surface area is 114 Å². The van der Waals surface area contributed by atoms with E-state index in [-0.39, 0.29) is 23.8 Å². The van der Waals surface area contributed by atoms with E-state index in [1.165, 1.54) is 0 Å². The lowest BCUT2D eigenvalue weighted by Gasteiger charge is -2.25. The number of carbonyl (C=O) groups excluding carboxylic acids is 1. The maximum absolute atomic E-state index is 12.2. The Morgan fingerprint density at radius 2 is 2.20 bits per heavy atom. The van der Waals surface area contributed by atoms with Gasteiger partial charge in [-0.2, -0.15) is 0 Å². The molecule has 1 saturated heterocycles. The molecule has 0 spiro atoms. The number of aryl methyl sites for hydroxylation is 1.